The Morgan fingerprint density at radius 2 is 2.64 bits per heavy atom. The first-order chi connectivity index (χ1) is 5.47. The molecule has 1 saturated heterocycles. The number of aromatic nitrogens is 1. The van der Waals surface area contributed by atoms with Crippen LogP contribution >= 0.6 is 11.8 Å². The van der Waals surface area contributed by atoms with Crippen LogP contribution in [0.3, 0.4) is 0 Å². The molecule has 1 aliphatic rings. The average molecular weight is 164 g/mol. The third kappa shape index (κ3) is 1.56. The van der Waals surface area contributed by atoms with Gasteiger partial charge in [0.2, 0.25) is 0 Å². The minimum absolute atomic E-state index is 0.670. The molecule has 1 atom stereocenters. The van der Waals surface area contributed by atoms with Crippen LogP contribution in [0.2, 0.25) is 0 Å². The second kappa shape index (κ2) is 3.26. The second-order valence-electron chi connectivity index (χ2n) is 2.71. The van der Waals surface area contributed by atoms with Crippen LogP contribution in [0.4, 0.5) is 0 Å². The number of thioether (sulfide) groups is 1. The van der Waals surface area contributed by atoms with E-state index in [4.69, 9.17) is 0 Å². The third-order valence-corrected chi connectivity index (χ3v) is 3.32. The fourth-order valence-electron chi connectivity index (χ4n) is 1.34. The zero-order chi connectivity index (χ0) is 7.52. The Balaban J connectivity index is 2.16. The van der Waals surface area contributed by atoms with Gasteiger partial charge in [0, 0.05) is 11.4 Å². The highest BCUT2D eigenvalue weighted by Gasteiger charge is 2.17. The van der Waals surface area contributed by atoms with E-state index in [1.165, 1.54) is 24.2 Å². The SMILES string of the molecule is [c]1ncccc1[C@@H]1CCCS1. The number of hydrogen-bond donors (Lipinski definition) is 0. The Labute approximate surface area is 71.2 Å². The summed E-state index contributed by atoms with van der Waals surface area (Å²) in [6.07, 6.45) is 7.46. The zero-order valence-corrected chi connectivity index (χ0v) is 7.10. The van der Waals surface area contributed by atoms with Crippen LogP contribution in [0.25, 0.3) is 0 Å². The third-order valence-electron chi connectivity index (χ3n) is 1.91. The predicted octanol–water partition coefficient (Wildman–Crippen LogP) is 2.45. The standard InChI is InChI=1S/C9H10NS/c1-3-8(7-10-5-1)9-4-2-6-11-9/h1,3,5,9H,2,4,6H2/t9-/m0/s1. The Kier molecular flexibility index (Phi) is 2.13. The topological polar surface area (TPSA) is 12.9 Å². The summed E-state index contributed by atoms with van der Waals surface area (Å²) in [5.41, 5.74) is 1.27. The summed E-state index contributed by atoms with van der Waals surface area (Å²) in [7, 11) is 0. The number of pyridine rings is 1. The molecule has 1 fully saturated rings. The lowest BCUT2D eigenvalue weighted by atomic mass is 10.1. The molecular formula is C9H10NS. The summed E-state index contributed by atoms with van der Waals surface area (Å²) in [6.45, 7) is 0. The first-order valence-electron chi connectivity index (χ1n) is 3.91. The molecule has 0 bridgehead atoms. The van der Waals surface area contributed by atoms with Gasteiger partial charge in [0.25, 0.3) is 0 Å². The van der Waals surface area contributed by atoms with Crippen molar-refractivity contribution in [3.63, 3.8) is 0 Å². The zero-order valence-electron chi connectivity index (χ0n) is 6.29. The van der Waals surface area contributed by atoms with Gasteiger partial charge in [-0.1, -0.05) is 6.07 Å². The van der Waals surface area contributed by atoms with Gasteiger partial charge in [-0.05, 0) is 30.2 Å². The van der Waals surface area contributed by atoms with E-state index in [0.717, 1.165) is 0 Å². The Morgan fingerprint density at radius 1 is 1.64 bits per heavy atom. The lowest BCUT2D eigenvalue weighted by molar-refractivity contribution is 0.824. The number of hydrogen-bond acceptors (Lipinski definition) is 2. The van der Waals surface area contributed by atoms with Gasteiger partial charge in [0.1, 0.15) is 0 Å². The summed E-state index contributed by atoms with van der Waals surface area (Å²) >= 11 is 2.02. The second-order valence-corrected chi connectivity index (χ2v) is 4.02. The normalized spacial score (nSPS) is 23.8. The van der Waals surface area contributed by atoms with E-state index in [1.54, 1.807) is 6.20 Å². The predicted molar refractivity (Wildman–Crippen MR) is 47.5 cm³/mol. The molecule has 1 aromatic rings. The molecule has 2 heteroatoms. The van der Waals surface area contributed by atoms with Crippen LogP contribution in [0.15, 0.2) is 18.3 Å². The maximum absolute atomic E-state index is 3.99. The van der Waals surface area contributed by atoms with Crippen molar-refractivity contribution in [3.05, 3.63) is 30.1 Å². The molecule has 1 nitrogen and oxygen atoms in total. The van der Waals surface area contributed by atoms with Gasteiger partial charge < -0.3 is 0 Å². The summed E-state index contributed by atoms with van der Waals surface area (Å²) < 4.78 is 0. The molecule has 11 heavy (non-hydrogen) atoms. The lowest BCUT2D eigenvalue weighted by Gasteiger charge is -2.05. The van der Waals surface area contributed by atoms with Crippen LogP contribution in [-0.2, 0) is 0 Å². The Morgan fingerprint density at radius 3 is 3.27 bits per heavy atom. The van der Waals surface area contributed by atoms with Crippen molar-refractivity contribution in [1.29, 1.82) is 0 Å². The first-order valence-corrected chi connectivity index (χ1v) is 4.96. The highest BCUT2D eigenvalue weighted by Crippen LogP contribution is 2.38. The molecule has 2 heterocycles. The molecule has 1 aromatic heterocycles. The molecule has 0 unspecified atom stereocenters. The van der Waals surface area contributed by atoms with Crippen molar-refractivity contribution in [3.8, 4) is 0 Å². The van der Waals surface area contributed by atoms with Gasteiger partial charge in [-0.15, -0.1) is 0 Å². The lowest BCUT2D eigenvalue weighted by Crippen LogP contribution is -1.88. The Bertz CT molecular complexity index is 216. The molecule has 2 rings (SSSR count). The van der Waals surface area contributed by atoms with E-state index in [-0.39, 0.29) is 0 Å². The summed E-state index contributed by atoms with van der Waals surface area (Å²) in [5.74, 6) is 1.30. The van der Waals surface area contributed by atoms with Gasteiger partial charge in [-0.25, -0.2) is 0 Å². The fourth-order valence-corrected chi connectivity index (χ4v) is 2.60. The van der Waals surface area contributed by atoms with E-state index in [2.05, 4.69) is 17.2 Å². The van der Waals surface area contributed by atoms with Crippen LogP contribution in [0.1, 0.15) is 23.7 Å². The first kappa shape index (κ1) is 7.17. The van der Waals surface area contributed by atoms with Crippen LogP contribution in [0, 0.1) is 6.20 Å². The van der Waals surface area contributed by atoms with E-state index in [0.29, 0.717) is 5.25 Å². The molecule has 0 spiro atoms. The fraction of sp³-hybridized carbons (Fsp3) is 0.444. The van der Waals surface area contributed by atoms with Gasteiger partial charge in [0.15, 0.2) is 0 Å². The highest BCUT2D eigenvalue weighted by molar-refractivity contribution is 7.99. The van der Waals surface area contributed by atoms with Crippen molar-refractivity contribution in [2.45, 2.75) is 18.1 Å². The Hall–Kier alpha value is -0.500. The molecule has 1 aliphatic heterocycles. The minimum Gasteiger partial charge on any atom is -0.254 e. The molecule has 0 N–H and O–H groups in total. The van der Waals surface area contributed by atoms with Crippen molar-refractivity contribution in [1.82, 2.24) is 4.98 Å². The molecular weight excluding hydrogens is 154 g/mol. The number of nitrogens with zero attached hydrogens (tertiary/aromatic N) is 1. The van der Waals surface area contributed by atoms with E-state index < -0.39 is 0 Å². The van der Waals surface area contributed by atoms with E-state index in [1.807, 2.05) is 17.8 Å². The molecule has 0 saturated carbocycles. The number of rotatable bonds is 1. The van der Waals surface area contributed by atoms with E-state index >= 15 is 0 Å². The molecule has 1 radical (unpaired) electrons. The summed E-state index contributed by atoms with van der Waals surface area (Å²) in [4.78, 5) is 3.99. The average Bonchev–Trinajstić information content (AvgIpc) is 2.58. The van der Waals surface area contributed by atoms with E-state index in [9.17, 15) is 0 Å². The highest BCUT2D eigenvalue weighted by atomic mass is 32.2. The van der Waals surface area contributed by atoms with Crippen molar-refractivity contribution < 1.29 is 0 Å². The van der Waals surface area contributed by atoms with Crippen molar-refractivity contribution in [2.75, 3.05) is 5.75 Å². The van der Waals surface area contributed by atoms with Crippen LogP contribution < -0.4 is 0 Å². The van der Waals surface area contributed by atoms with Crippen molar-refractivity contribution in [2.24, 2.45) is 0 Å². The maximum atomic E-state index is 3.99. The maximum Gasteiger partial charge on any atom is 0.0932 e. The van der Waals surface area contributed by atoms with Gasteiger partial charge in [-0.3, -0.25) is 4.98 Å². The summed E-state index contributed by atoms with van der Waals surface area (Å²) in [6, 6.07) is 4.11. The quantitative estimate of drug-likeness (QED) is 0.632. The van der Waals surface area contributed by atoms with Gasteiger partial charge in [0.05, 0.1) is 6.20 Å². The van der Waals surface area contributed by atoms with Crippen LogP contribution in [-0.4, -0.2) is 10.7 Å². The molecule has 0 aromatic carbocycles. The monoisotopic (exact) mass is 164 g/mol. The summed E-state index contributed by atoms with van der Waals surface area (Å²) in [5, 5.41) is 0.670. The molecule has 0 amide bonds. The molecule has 57 valence electrons. The smallest absolute Gasteiger partial charge is 0.0932 e. The molecule has 0 aliphatic carbocycles. The largest absolute Gasteiger partial charge is 0.254 e. The minimum atomic E-state index is 0.670. The van der Waals surface area contributed by atoms with Gasteiger partial charge >= 0.3 is 0 Å². The van der Waals surface area contributed by atoms with Gasteiger partial charge in [-0.2, -0.15) is 11.8 Å². The van der Waals surface area contributed by atoms with Crippen molar-refractivity contribution >= 4 is 11.8 Å². The van der Waals surface area contributed by atoms with Crippen LogP contribution in [0.5, 0.6) is 0 Å².